The van der Waals surface area contributed by atoms with Crippen LogP contribution in [0.4, 0.5) is 0 Å². The topological polar surface area (TPSA) is 51.0 Å². The molecule has 0 spiro atoms. The Bertz CT molecular complexity index is 442. The van der Waals surface area contributed by atoms with Gasteiger partial charge in [-0.3, -0.25) is 0 Å². The van der Waals surface area contributed by atoms with Crippen LogP contribution >= 0.6 is 35.3 Å². The van der Waals surface area contributed by atoms with E-state index in [0.29, 0.717) is 22.5 Å². The van der Waals surface area contributed by atoms with E-state index in [9.17, 15) is 0 Å². The van der Waals surface area contributed by atoms with Crippen molar-refractivity contribution < 1.29 is 4.52 Å². The monoisotopic (exact) mass is 331 g/mol. The molecular weight excluding hydrogens is 310 g/mol. The highest BCUT2D eigenvalue weighted by Gasteiger charge is 2.35. The van der Waals surface area contributed by atoms with Crippen molar-refractivity contribution in [1.29, 1.82) is 0 Å². The van der Waals surface area contributed by atoms with Crippen LogP contribution in [0.5, 0.6) is 0 Å². The minimum Gasteiger partial charge on any atom is -0.339 e. The highest BCUT2D eigenvalue weighted by Crippen LogP contribution is 2.42. The molecule has 1 aromatic rings. The third-order valence-electron chi connectivity index (χ3n) is 3.76. The lowest BCUT2D eigenvalue weighted by Gasteiger charge is -2.24. The number of hydrogen-bond donors (Lipinski definition) is 1. The predicted octanol–water partition coefficient (Wildman–Crippen LogP) is 2.79. The van der Waals surface area contributed by atoms with Gasteiger partial charge in [-0.1, -0.05) is 19.0 Å². The fourth-order valence-corrected chi connectivity index (χ4v) is 6.74. The molecule has 4 atom stereocenters. The summed E-state index contributed by atoms with van der Waals surface area (Å²) >= 11 is 5.95. The molecule has 2 fully saturated rings. The molecule has 0 bridgehead atoms. The minimum absolute atomic E-state index is 0.373. The van der Waals surface area contributed by atoms with Crippen molar-refractivity contribution in [3.05, 3.63) is 11.7 Å². The van der Waals surface area contributed by atoms with Crippen LogP contribution in [0.15, 0.2) is 4.52 Å². The van der Waals surface area contributed by atoms with Gasteiger partial charge in [-0.05, 0) is 6.54 Å². The lowest BCUT2D eigenvalue weighted by atomic mass is 10.0. The van der Waals surface area contributed by atoms with Crippen molar-refractivity contribution in [3.63, 3.8) is 0 Å². The molecule has 4 unspecified atom stereocenters. The molecule has 20 heavy (non-hydrogen) atoms. The van der Waals surface area contributed by atoms with E-state index in [0.717, 1.165) is 29.8 Å². The molecule has 0 aromatic carbocycles. The van der Waals surface area contributed by atoms with Crippen LogP contribution in [0, 0.1) is 0 Å². The zero-order valence-corrected chi connectivity index (χ0v) is 14.3. The molecule has 3 rings (SSSR count). The molecular formula is C13H21N3OS3. The summed E-state index contributed by atoms with van der Waals surface area (Å²) < 4.78 is 5.59. The fourth-order valence-electron chi connectivity index (χ4n) is 2.69. The van der Waals surface area contributed by atoms with Crippen LogP contribution in [-0.4, -0.2) is 51.0 Å². The number of aromatic nitrogens is 2. The average molecular weight is 332 g/mol. The van der Waals surface area contributed by atoms with E-state index in [4.69, 9.17) is 9.51 Å². The molecule has 0 aliphatic carbocycles. The summed E-state index contributed by atoms with van der Waals surface area (Å²) in [6, 6.07) is 0.476. The van der Waals surface area contributed by atoms with E-state index in [2.05, 4.69) is 24.3 Å². The molecule has 4 nitrogen and oxygen atoms in total. The first kappa shape index (κ1) is 15.1. The molecule has 3 heterocycles. The SMILES string of the molecule is CCNC1CSCC1c1nc(C2SCCSC2C)no1. The van der Waals surface area contributed by atoms with Gasteiger partial charge in [0.05, 0.1) is 11.2 Å². The summed E-state index contributed by atoms with van der Waals surface area (Å²) in [6.07, 6.45) is 0. The van der Waals surface area contributed by atoms with Gasteiger partial charge in [0.1, 0.15) is 0 Å². The first-order valence-electron chi connectivity index (χ1n) is 7.17. The van der Waals surface area contributed by atoms with Crippen LogP contribution in [0.3, 0.4) is 0 Å². The Hall–Kier alpha value is 0.150. The molecule has 2 saturated heterocycles. The maximum Gasteiger partial charge on any atom is 0.232 e. The number of thioether (sulfide) groups is 3. The second-order valence-corrected chi connectivity index (χ2v) is 8.98. The van der Waals surface area contributed by atoms with Gasteiger partial charge in [-0.15, -0.1) is 11.8 Å². The predicted molar refractivity (Wildman–Crippen MR) is 88.9 cm³/mol. The van der Waals surface area contributed by atoms with Crippen LogP contribution < -0.4 is 5.32 Å². The van der Waals surface area contributed by atoms with Gasteiger partial charge in [0.15, 0.2) is 5.82 Å². The highest BCUT2D eigenvalue weighted by atomic mass is 32.2. The van der Waals surface area contributed by atoms with Crippen molar-refractivity contribution in [2.24, 2.45) is 0 Å². The summed E-state index contributed by atoms with van der Waals surface area (Å²) in [5.74, 6) is 6.74. The van der Waals surface area contributed by atoms with Gasteiger partial charge in [0.2, 0.25) is 5.89 Å². The number of nitrogens with zero attached hydrogens (tertiary/aromatic N) is 2. The normalized spacial score (nSPS) is 34.5. The molecule has 7 heteroatoms. The Balaban J connectivity index is 1.72. The largest absolute Gasteiger partial charge is 0.339 e. The smallest absolute Gasteiger partial charge is 0.232 e. The maximum absolute atomic E-state index is 5.59. The lowest BCUT2D eigenvalue weighted by molar-refractivity contribution is 0.337. The molecule has 112 valence electrons. The van der Waals surface area contributed by atoms with Crippen molar-refractivity contribution >= 4 is 35.3 Å². The van der Waals surface area contributed by atoms with Crippen molar-refractivity contribution in [2.45, 2.75) is 36.3 Å². The van der Waals surface area contributed by atoms with Gasteiger partial charge in [-0.25, -0.2) is 0 Å². The van der Waals surface area contributed by atoms with Crippen LogP contribution in [-0.2, 0) is 0 Å². The van der Waals surface area contributed by atoms with E-state index in [1.807, 2.05) is 35.3 Å². The first-order chi connectivity index (χ1) is 9.79. The molecule has 1 N–H and O–H groups in total. The molecule has 2 aliphatic heterocycles. The van der Waals surface area contributed by atoms with Crippen LogP contribution in [0.25, 0.3) is 0 Å². The Morgan fingerprint density at radius 3 is 2.95 bits per heavy atom. The van der Waals surface area contributed by atoms with E-state index in [1.54, 1.807) is 0 Å². The van der Waals surface area contributed by atoms with E-state index in [1.165, 1.54) is 11.5 Å². The quantitative estimate of drug-likeness (QED) is 0.910. The Labute approximate surface area is 133 Å². The third-order valence-corrected chi connectivity index (χ3v) is 8.04. The number of likely N-dealkylation sites (N-methyl/N-ethyl adjacent to an activating group) is 1. The third kappa shape index (κ3) is 3.15. The maximum atomic E-state index is 5.59. The molecule has 0 amide bonds. The average Bonchev–Trinajstić information content (AvgIpc) is 3.08. The second-order valence-electron chi connectivity index (χ2n) is 5.17. The zero-order chi connectivity index (χ0) is 13.9. The highest BCUT2D eigenvalue weighted by molar-refractivity contribution is 8.06. The van der Waals surface area contributed by atoms with Gasteiger partial charge in [0.25, 0.3) is 0 Å². The minimum atomic E-state index is 0.373. The Morgan fingerprint density at radius 2 is 2.15 bits per heavy atom. The molecule has 0 radical (unpaired) electrons. The van der Waals surface area contributed by atoms with E-state index >= 15 is 0 Å². The van der Waals surface area contributed by atoms with Crippen LogP contribution in [0.2, 0.25) is 0 Å². The van der Waals surface area contributed by atoms with Crippen molar-refractivity contribution in [1.82, 2.24) is 15.5 Å². The number of rotatable bonds is 4. The van der Waals surface area contributed by atoms with Crippen molar-refractivity contribution in [2.75, 3.05) is 29.6 Å². The molecule has 2 aliphatic rings. The fraction of sp³-hybridized carbons (Fsp3) is 0.846. The summed E-state index contributed by atoms with van der Waals surface area (Å²) in [5.41, 5.74) is 0. The van der Waals surface area contributed by atoms with Gasteiger partial charge >= 0.3 is 0 Å². The lowest BCUT2D eigenvalue weighted by Crippen LogP contribution is -2.34. The first-order valence-corrected chi connectivity index (χ1v) is 10.4. The van der Waals surface area contributed by atoms with Crippen molar-refractivity contribution in [3.8, 4) is 0 Å². The van der Waals surface area contributed by atoms with Gasteiger partial charge in [0, 0.05) is 34.3 Å². The summed E-state index contributed by atoms with van der Waals surface area (Å²) in [6.45, 7) is 5.41. The summed E-state index contributed by atoms with van der Waals surface area (Å²) in [7, 11) is 0. The number of nitrogens with one attached hydrogen (secondary N) is 1. The Morgan fingerprint density at radius 1 is 1.30 bits per heavy atom. The van der Waals surface area contributed by atoms with E-state index in [-0.39, 0.29) is 0 Å². The molecule has 0 saturated carbocycles. The second kappa shape index (κ2) is 6.94. The Kier molecular flexibility index (Phi) is 5.23. The van der Waals surface area contributed by atoms with Gasteiger partial charge < -0.3 is 9.84 Å². The summed E-state index contributed by atoms with van der Waals surface area (Å²) in [4.78, 5) is 4.73. The molecule has 1 aromatic heterocycles. The van der Waals surface area contributed by atoms with Crippen LogP contribution in [0.1, 0.15) is 36.7 Å². The van der Waals surface area contributed by atoms with Gasteiger partial charge in [-0.2, -0.15) is 28.5 Å². The number of hydrogen-bond acceptors (Lipinski definition) is 7. The van der Waals surface area contributed by atoms with E-state index < -0.39 is 0 Å². The standard InChI is InChI=1S/C13H21N3OS3/c1-3-14-10-7-18-6-9(10)13-15-12(16-17-13)11-8(2)19-4-5-20-11/h8-11,14H,3-7H2,1-2H3. The zero-order valence-electron chi connectivity index (χ0n) is 11.9. The summed E-state index contributed by atoms with van der Waals surface area (Å²) in [5, 5.41) is 8.76.